The number of aromatic nitrogens is 4. The summed E-state index contributed by atoms with van der Waals surface area (Å²) in [7, 11) is 1.59. The molecule has 1 aliphatic heterocycles. The molecule has 11 heteroatoms. The summed E-state index contributed by atoms with van der Waals surface area (Å²) in [6, 6.07) is 10.9. The van der Waals surface area contributed by atoms with Gasteiger partial charge in [-0.2, -0.15) is 18.2 Å². The van der Waals surface area contributed by atoms with Crippen LogP contribution in [-0.2, 0) is 12.7 Å². The molecule has 2 aromatic heterocycles. The van der Waals surface area contributed by atoms with E-state index < -0.39 is 11.7 Å². The zero-order chi connectivity index (χ0) is 25.3. The summed E-state index contributed by atoms with van der Waals surface area (Å²) in [5.41, 5.74) is 2.27. The number of aryl methyl sites for hydroxylation is 1. The summed E-state index contributed by atoms with van der Waals surface area (Å²) in [6.07, 6.45) is 0.775. The van der Waals surface area contributed by atoms with Gasteiger partial charge in [0.05, 0.1) is 43.1 Å². The average Bonchev–Trinajstić information content (AvgIpc) is 3.30. The van der Waals surface area contributed by atoms with Gasteiger partial charge in [-0.15, -0.1) is 0 Å². The molecule has 0 aliphatic carbocycles. The molecule has 186 valence electrons. The molecule has 1 aliphatic rings. The third-order valence-electron chi connectivity index (χ3n) is 5.71. The number of ether oxygens (including phenoxy) is 2. The molecule has 3 heterocycles. The lowest BCUT2D eigenvalue weighted by Crippen LogP contribution is -2.33. The van der Waals surface area contributed by atoms with Crippen molar-refractivity contribution in [3.63, 3.8) is 0 Å². The van der Waals surface area contributed by atoms with E-state index in [0.717, 1.165) is 23.5 Å². The van der Waals surface area contributed by atoms with E-state index in [1.807, 2.05) is 40.8 Å². The first-order chi connectivity index (χ1) is 17.3. The van der Waals surface area contributed by atoms with E-state index in [-0.39, 0.29) is 6.54 Å². The SMILES string of the molecule is COc1cc(Nc2ncc3c(n2)N(Cc2cccc(C(F)(F)F)c2)CCO3)ccc1-n1cnc(C)c1. The van der Waals surface area contributed by atoms with Crippen molar-refractivity contribution in [3.05, 3.63) is 78.0 Å². The van der Waals surface area contributed by atoms with Crippen LogP contribution in [0.5, 0.6) is 11.5 Å². The Kier molecular flexibility index (Phi) is 6.13. The number of alkyl halides is 3. The normalized spacial score (nSPS) is 13.2. The zero-order valence-electron chi connectivity index (χ0n) is 19.6. The lowest BCUT2D eigenvalue weighted by molar-refractivity contribution is -0.137. The maximum absolute atomic E-state index is 13.1. The Labute approximate surface area is 205 Å². The molecular formula is C25H23F3N6O2. The highest BCUT2D eigenvalue weighted by molar-refractivity contribution is 5.64. The van der Waals surface area contributed by atoms with Gasteiger partial charge in [0.1, 0.15) is 12.4 Å². The Balaban J connectivity index is 1.38. The van der Waals surface area contributed by atoms with E-state index in [1.54, 1.807) is 25.7 Å². The molecule has 2 aromatic carbocycles. The van der Waals surface area contributed by atoms with Crippen LogP contribution in [0, 0.1) is 6.92 Å². The predicted molar refractivity (Wildman–Crippen MR) is 128 cm³/mol. The first-order valence-corrected chi connectivity index (χ1v) is 11.2. The molecule has 0 amide bonds. The lowest BCUT2D eigenvalue weighted by atomic mass is 10.1. The van der Waals surface area contributed by atoms with Crippen molar-refractivity contribution in [1.82, 2.24) is 19.5 Å². The average molecular weight is 496 g/mol. The van der Waals surface area contributed by atoms with Gasteiger partial charge in [-0.3, -0.25) is 0 Å². The Hall–Kier alpha value is -4.28. The molecule has 1 N–H and O–H groups in total. The van der Waals surface area contributed by atoms with Crippen LogP contribution in [0.4, 0.5) is 30.6 Å². The van der Waals surface area contributed by atoms with Gasteiger partial charge in [-0.05, 0) is 36.8 Å². The third kappa shape index (κ3) is 4.90. The number of benzene rings is 2. The first-order valence-electron chi connectivity index (χ1n) is 11.2. The molecule has 0 unspecified atom stereocenters. The topological polar surface area (TPSA) is 77.3 Å². The highest BCUT2D eigenvalue weighted by Crippen LogP contribution is 2.34. The van der Waals surface area contributed by atoms with Gasteiger partial charge in [-0.1, -0.05) is 12.1 Å². The van der Waals surface area contributed by atoms with E-state index in [0.29, 0.717) is 47.7 Å². The number of halogens is 3. The van der Waals surface area contributed by atoms with Crippen molar-refractivity contribution in [3.8, 4) is 17.2 Å². The fraction of sp³-hybridized carbons (Fsp3) is 0.240. The van der Waals surface area contributed by atoms with Crippen LogP contribution in [0.2, 0.25) is 0 Å². The van der Waals surface area contributed by atoms with Gasteiger partial charge >= 0.3 is 6.18 Å². The summed E-state index contributed by atoms with van der Waals surface area (Å²) in [5, 5.41) is 3.17. The van der Waals surface area contributed by atoms with E-state index >= 15 is 0 Å². The van der Waals surface area contributed by atoms with E-state index in [4.69, 9.17) is 9.47 Å². The largest absolute Gasteiger partial charge is 0.494 e. The van der Waals surface area contributed by atoms with Crippen molar-refractivity contribution < 1.29 is 22.6 Å². The molecule has 0 saturated heterocycles. The van der Waals surface area contributed by atoms with Crippen LogP contribution in [0.1, 0.15) is 16.8 Å². The number of nitrogens with one attached hydrogen (secondary N) is 1. The summed E-state index contributed by atoms with van der Waals surface area (Å²) in [6.45, 7) is 3.02. The summed E-state index contributed by atoms with van der Waals surface area (Å²) < 4.78 is 52.5. The maximum atomic E-state index is 13.1. The summed E-state index contributed by atoms with van der Waals surface area (Å²) >= 11 is 0. The number of methoxy groups -OCH3 is 1. The van der Waals surface area contributed by atoms with E-state index in [1.165, 1.54) is 6.07 Å². The number of anilines is 3. The molecule has 36 heavy (non-hydrogen) atoms. The standard InChI is InChI=1S/C25H23F3N6O2/c1-16-13-34(15-30-16)20-7-6-19(11-21(20)35-2)31-24-29-12-22-23(32-24)33(8-9-36-22)14-17-4-3-5-18(10-17)25(26,27)28/h3-7,10-13,15H,8-9,14H2,1-2H3,(H,29,31,32). The molecule has 0 radical (unpaired) electrons. The predicted octanol–water partition coefficient (Wildman–Crippen LogP) is 5.14. The molecule has 0 spiro atoms. The van der Waals surface area contributed by atoms with Crippen LogP contribution in [0.25, 0.3) is 5.69 Å². The second-order valence-corrected chi connectivity index (χ2v) is 8.28. The van der Waals surface area contributed by atoms with Gasteiger partial charge in [0, 0.05) is 24.5 Å². The number of fused-ring (bicyclic) bond motifs is 1. The molecule has 8 nitrogen and oxygen atoms in total. The fourth-order valence-electron chi connectivity index (χ4n) is 3.99. The van der Waals surface area contributed by atoms with Crippen molar-refractivity contribution in [1.29, 1.82) is 0 Å². The highest BCUT2D eigenvalue weighted by Gasteiger charge is 2.30. The molecule has 4 aromatic rings. The number of hydrogen-bond acceptors (Lipinski definition) is 7. The van der Waals surface area contributed by atoms with E-state index in [9.17, 15) is 13.2 Å². The Morgan fingerprint density at radius 1 is 1.14 bits per heavy atom. The summed E-state index contributed by atoms with van der Waals surface area (Å²) in [5.74, 6) is 1.93. The molecule has 0 saturated carbocycles. The molecule has 0 bridgehead atoms. The number of nitrogens with zero attached hydrogens (tertiary/aromatic N) is 5. The first kappa shape index (κ1) is 23.5. The van der Waals surface area contributed by atoms with Gasteiger partial charge in [-0.25, -0.2) is 9.97 Å². The monoisotopic (exact) mass is 496 g/mol. The maximum Gasteiger partial charge on any atom is 0.416 e. The Bertz CT molecular complexity index is 1390. The zero-order valence-corrected chi connectivity index (χ0v) is 19.6. The molecule has 0 atom stereocenters. The number of rotatable bonds is 6. The smallest absolute Gasteiger partial charge is 0.416 e. The van der Waals surface area contributed by atoms with Crippen molar-refractivity contribution >= 4 is 17.5 Å². The Morgan fingerprint density at radius 2 is 2.00 bits per heavy atom. The number of imidazole rings is 1. The van der Waals surface area contributed by atoms with Crippen molar-refractivity contribution in [2.24, 2.45) is 0 Å². The lowest BCUT2D eigenvalue weighted by Gasteiger charge is -2.30. The second kappa shape index (κ2) is 9.40. The van der Waals surface area contributed by atoms with Crippen LogP contribution in [-0.4, -0.2) is 39.8 Å². The van der Waals surface area contributed by atoms with Gasteiger partial charge < -0.3 is 24.3 Å². The second-order valence-electron chi connectivity index (χ2n) is 8.28. The van der Waals surface area contributed by atoms with Crippen LogP contribution >= 0.6 is 0 Å². The third-order valence-corrected chi connectivity index (χ3v) is 5.71. The quantitative estimate of drug-likeness (QED) is 0.396. The van der Waals surface area contributed by atoms with Crippen LogP contribution in [0.3, 0.4) is 0 Å². The molecule has 0 fully saturated rings. The fourth-order valence-corrected chi connectivity index (χ4v) is 3.99. The van der Waals surface area contributed by atoms with E-state index in [2.05, 4.69) is 20.3 Å². The van der Waals surface area contributed by atoms with Gasteiger partial charge in [0.25, 0.3) is 0 Å². The van der Waals surface area contributed by atoms with Crippen LogP contribution in [0.15, 0.2) is 61.2 Å². The van der Waals surface area contributed by atoms with Crippen molar-refractivity contribution in [2.45, 2.75) is 19.6 Å². The number of hydrogen-bond donors (Lipinski definition) is 1. The van der Waals surface area contributed by atoms with Crippen LogP contribution < -0.4 is 19.7 Å². The summed E-state index contributed by atoms with van der Waals surface area (Å²) in [4.78, 5) is 15.1. The van der Waals surface area contributed by atoms with Crippen molar-refractivity contribution in [2.75, 3.05) is 30.5 Å². The minimum absolute atomic E-state index is 0.254. The molecular weight excluding hydrogens is 473 g/mol. The minimum Gasteiger partial charge on any atom is -0.494 e. The van der Waals surface area contributed by atoms with Gasteiger partial charge in [0.2, 0.25) is 5.95 Å². The minimum atomic E-state index is -4.40. The highest BCUT2D eigenvalue weighted by atomic mass is 19.4. The van der Waals surface area contributed by atoms with Gasteiger partial charge in [0.15, 0.2) is 11.6 Å². The molecule has 5 rings (SSSR count). The Morgan fingerprint density at radius 3 is 2.75 bits per heavy atom.